The first-order valence-electron chi connectivity index (χ1n) is 9.53. The van der Waals surface area contributed by atoms with Gasteiger partial charge in [-0.1, -0.05) is 6.07 Å². The van der Waals surface area contributed by atoms with Crippen molar-refractivity contribution in [2.24, 2.45) is 5.92 Å². The van der Waals surface area contributed by atoms with Crippen molar-refractivity contribution in [1.82, 2.24) is 14.8 Å². The Labute approximate surface area is 154 Å². The zero-order valence-corrected chi connectivity index (χ0v) is 15.1. The minimum absolute atomic E-state index is 0.0514. The first-order valence-corrected chi connectivity index (χ1v) is 9.53. The summed E-state index contributed by atoms with van der Waals surface area (Å²) in [5.41, 5.74) is 1.12. The fourth-order valence-electron chi connectivity index (χ4n) is 4.08. The summed E-state index contributed by atoms with van der Waals surface area (Å²) in [7, 11) is 0. The number of nitrogens with zero attached hydrogens (tertiary/aromatic N) is 4. The molecule has 138 valence electrons. The zero-order valence-electron chi connectivity index (χ0n) is 15.1. The molecule has 6 nitrogen and oxygen atoms in total. The van der Waals surface area contributed by atoms with Crippen LogP contribution >= 0.6 is 0 Å². The van der Waals surface area contributed by atoms with Crippen molar-refractivity contribution in [3.8, 4) is 6.07 Å². The third-order valence-electron chi connectivity index (χ3n) is 5.55. The lowest BCUT2D eigenvalue weighted by atomic mass is 9.90. The van der Waals surface area contributed by atoms with Crippen LogP contribution in [0.2, 0.25) is 0 Å². The fraction of sp³-hybridized carbons (Fsp3) is 0.600. The number of amides is 2. The largest absolute Gasteiger partial charge is 0.342 e. The highest BCUT2D eigenvalue weighted by Gasteiger charge is 2.31. The molecule has 0 aliphatic carbocycles. The number of pyridine rings is 1. The predicted molar refractivity (Wildman–Crippen MR) is 96.7 cm³/mol. The average Bonchev–Trinajstić information content (AvgIpc) is 2.69. The Morgan fingerprint density at radius 1 is 1.15 bits per heavy atom. The van der Waals surface area contributed by atoms with Crippen LogP contribution in [0.25, 0.3) is 0 Å². The van der Waals surface area contributed by atoms with Gasteiger partial charge in [0.05, 0.1) is 12.1 Å². The van der Waals surface area contributed by atoms with Crippen molar-refractivity contribution in [2.45, 2.75) is 51.0 Å². The Hall–Kier alpha value is -2.42. The van der Waals surface area contributed by atoms with Crippen LogP contribution in [0.4, 0.5) is 0 Å². The van der Waals surface area contributed by atoms with Crippen LogP contribution in [-0.4, -0.2) is 46.2 Å². The van der Waals surface area contributed by atoms with E-state index in [2.05, 4.69) is 11.1 Å². The van der Waals surface area contributed by atoms with Crippen LogP contribution in [-0.2, 0) is 9.59 Å². The number of hydrogen-bond acceptors (Lipinski definition) is 4. The van der Waals surface area contributed by atoms with E-state index in [0.717, 1.165) is 44.2 Å². The number of carbonyl (C=O) groups is 2. The lowest BCUT2D eigenvalue weighted by Crippen LogP contribution is -2.42. The van der Waals surface area contributed by atoms with Crippen molar-refractivity contribution in [3.05, 3.63) is 30.1 Å². The van der Waals surface area contributed by atoms with E-state index in [-0.39, 0.29) is 24.3 Å². The van der Waals surface area contributed by atoms with E-state index >= 15 is 0 Å². The van der Waals surface area contributed by atoms with Crippen molar-refractivity contribution < 1.29 is 9.59 Å². The zero-order chi connectivity index (χ0) is 18.4. The first kappa shape index (κ1) is 18.4. The maximum absolute atomic E-state index is 12.9. The smallest absolute Gasteiger partial charge is 0.236 e. The minimum atomic E-state index is -0.0926. The second kappa shape index (κ2) is 8.79. The molecule has 1 unspecified atom stereocenters. The lowest BCUT2D eigenvalue weighted by Gasteiger charge is -2.38. The molecule has 3 rings (SSSR count). The summed E-state index contributed by atoms with van der Waals surface area (Å²) < 4.78 is 0. The van der Waals surface area contributed by atoms with Gasteiger partial charge >= 0.3 is 0 Å². The Bertz CT molecular complexity index is 662. The molecular formula is C20H26N4O2. The van der Waals surface area contributed by atoms with Crippen molar-refractivity contribution in [2.75, 3.05) is 19.6 Å². The molecule has 2 amide bonds. The molecule has 3 heterocycles. The van der Waals surface area contributed by atoms with E-state index in [1.165, 1.54) is 0 Å². The summed E-state index contributed by atoms with van der Waals surface area (Å²) in [6.07, 6.45) is 9.02. The highest BCUT2D eigenvalue weighted by Crippen LogP contribution is 2.32. The molecule has 26 heavy (non-hydrogen) atoms. The maximum atomic E-state index is 12.9. The molecule has 2 aliphatic rings. The van der Waals surface area contributed by atoms with Gasteiger partial charge in [0.25, 0.3) is 0 Å². The summed E-state index contributed by atoms with van der Waals surface area (Å²) in [4.78, 5) is 32.7. The number of piperidine rings is 2. The summed E-state index contributed by atoms with van der Waals surface area (Å²) in [5, 5.41) is 8.65. The highest BCUT2D eigenvalue weighted by atomic mass is 16.2. The fourth-order valence-corrected chi connectivity index (χ4v) is 4.08. The third-order valence-corrected chi connectivity index (χ3v) is 5.55. The molecule has 6 heteroatoms. The Balaban J connectivity index is 1.56. The van der Waals surface area contributed by atoms with E-state index in [1.54, 1.807) is 11.1 Å². The van der Waals surface area contributed by atoms with Gasteiger partial charge in [0.2, 0.25) is 11.8 Å². The minimum Gasteiger partial charge on any atom is -0.342 e. The van der Waals surface area contributed by atoms with Crippen LogP contribution in [0.15, 0.2) is 24.5 Å². The quantitative estimate of drug-likeness (QED) is 0.833. The van der Waals surface area contributed by atoms with Crippen LogP contribution in [0.5, 0.6) is 0 Å². The second-order valence-electron chi connectivity index (χ2n) is 7.25. The van der Waals surface area contributed by atoms with Crippen LogP contribution in [0, 0.1) is 17.2 Å². The summed E-state index contributed by atoms with van der Waals surface area (Å²) in [6, 6.07) is 6.04. The molecule has 0 saturated carbocycles. The van der Waals surface area contributed by atoms with Crippen LogP contribution in [0.3, 0.4) is 0 Å². The number of carbonyl (C=O) groups excluding carboxylic acids is 2. The molecular weight excluding hydrogens is 328 g/mol. The molecule has 2 saturated heterocycles. The molecule has 0 N–H and O–H groups in total. The van der Waals surface area contributed by atoms with Crippen molar-refractivity contribution >= 4 is 11.8 Å². The van der Waals surface area contributed by atoms with E-state index in [4.69, 9.17) is 5.26 Å². The van der Waals surface area contributed by atoms with Gasteiger partial charge in [-0.2, -0.15) is 5.26 Å². The molecule has 0 spiro atoms. The number of hydrogen-bond donors (Lipinski definition) is 0. The molecule has 1 aromatic rings. The normalized spacial score (nSPS) is 21.3. The van der Waals surface area contributed by atoms with E-state index < -0.39 is 0 Å². The van der Waals surface area contributed by atoms with E-state index in [0.29, 0.717) is 25.4 Å². The first-order chi connectivity index (χ1) is 12.7. The predicted octanol–water partition coefficient (Wildman–Crippen LogP) is 2.68. The monoisotopic (exact) mass is 354 g/mol. The standard InChI is InChI=1S/C20H26N4O2/c21-9-6-19(25)23-12-7-16(8-13-23)14-20(26)24-11-2-1-5-18(24)17-4-3-10-22-15-17/h3-4,10,15-16,18H,1-2,5-8,11-14H2. The molecule has 1 aromatic heterocycles. The van der Waals surface area contributed by atoms with Gasteiger partial charge in [-0.3, -0.25) is 14.6 Å². The van der Waals surface area contributed by atoms with Crippen molar-refractivity contribution in [1.29, 1.82) is 5.26 Å². The Morgan fingerprint density at radius 2 is 1.96 bits per heavy atom. The topological polar surface area (TPSA) is 77.3 Å². The van der Waals surface area contributed by atoms with E-state index in [9.17, 15) is 9.59 Å². The van der Waals surface area contributed by atoms with Gasteiger partial charge in [-0.15, -0.1) is 0 Å². The average molecular weight is 354 g/mol. The van der Waals surface area contributed by atoms with Gasteiger partial charge in [0.15, 0.2) is 0 Å². The van der Waals surface area contributed by atoms with E-state index in [1.807, 2.05) is 23.2 Å². The van der Waals surface area contributed by atoms with Gasteiger partial charge < -0.3 is 9.80 Å². The van der Waals surface area contributed by atoms with Gasteiger partial charge in [-0.05, 0) is 49.7 Å². The van der Waals surface area contributed by atoms with Crippen LogP contribution in [0.1, 0.15) is 56.6 Å². The molecule has 2 aliphatic heterocycles. The highest BCUT2D eigenvalue weighted by molar-refractivity contribution is 5.79. The Morgan fingerprint density at radius 3 is 2.65 bits per heavy atom. The van der Waals surface area contributed by atoms with Gasteiger partial charge in [-0.25, -0.2) is 0 Å². The third kappa shape index (κ3) is 4.40. The van der Waals surface area contributed by atoms with Crippen molar-refractivity contribution in [3.63, 3.8) is 0 Å². The number of nitriles is 1. The van der Waals surface area contributed by atoms with Gasteiger partial charge in [0.1, 0.15) is 6.42 Å². The summed E-state index contributed by atoms with van der Waals surface area (Å²) in [6.45, 7) is 2.13. The number of rotatable bonds is 4. The van der Waals surface area contributed by atoms with Crippen LogP contribution < -0.4 is 0 Å². The molecule has 0 radical (unpaired) electrons. The molecule has 0 bridgehead atoms. The SMILES string of the molecule is N#CCC(=O)N1CCC(CC(=O)N2CCCCC2c2cccnc2)CC1. The second-order valence-corrected chi connectivity index (χ2v) is 7.25. The lowest BCUT2D eigenvalue weighted by molar-refractivity contribution is -0.136. The number of aromatic nitrogens is 1. The summed E-state index contributed by atoms with van der Waals surface area (Å²) >= 11 is 0. The Kier molecular flexibility index (Phi) is 6.21. The molecule has 1 atom stereocenters. The molecule has 0 aromatic carbocycles. The molecule has 2 fully saturated rings. The van der Waals surface area contributed by atoms with Gasteiger partial charge in [0, 0.05) is 38.4 Å². The maximum Gasteiger partial charge on any atom is 0.236 e. The summed E-state index contributed by atoms with van der Waals surface area (Å²) in [5.74, 6) is 0.454. The number of likely N-dealkylation sites (tertiary alicyclic amines) is 2.